The summed E-state index contributed by atoms with van der Waals surface area (Å²) in [5.41, 5.74) is 3.13. The Morgan fingerprint density at radius 3 is 2.50 bits per heavy atom. The predicted molar refractivity (Wildman–Crippen MR) is 82.8 cm³/mol. The van der Waals surface area contributed by atoms with E-state index in [9.17, 15) is 9.18 Å². The molecule has 1 aromatic carbocycles. The topological polar surface area (TPSA) is 46.9 Å². The summed E-state index contributed by atoms with van der Waals surface area (Å²) in [5, 5.41) is 7.62. The molecule has 1 fully saturated rings. The zero-order chi connectivity index (χ0) is 15.7. The lowest BCUT2D eigenvalue weighted by Crippen LogP contribution is -2.27. The zero-order valence-electron chi connectivity index (χ0n) is 12.9. The summed E-state index contributed by atoms with van der Waals surface area (Å²) in [7, 11) is 0. The van der Waals surface area contributed by atoms with Gasteiger partial charge in [-0.3, -0.25) is 4.79 Å². The minimum absolute atomic E-state index is 0.0374. The van der Waals surface area contributed by atoms with E-state index < -0.39 is 0 Å². The van der Waals surface area contributed by atoms with Gasteiger partial charge in [0.25, 0.3) is 5.91 Å². The Balaban J connectivity index is 2.04. The lowest BCUT2D eigenvalue weighted by Gasteiger charge is -2.08. The van der Waals surface area contributed by atoms with E-state index in [1.807, 2.05) is 13.8 Å². The molecule has 0 spiro atoms. The molecular weight excluding hydrogens is 281 g/mol. The highest BCUT2D eigenvalue weighted by Gasteiger charge is 2.28. The molecule has 0 aliphatic heterocycles. The first kappa shape index (κ1) is 14.8. The average molecular weight is 301 g/mol. The lowest BCUT2D eigenvalue weighted by atomic mass is 10.1. The number of amides is 1. The van der Waals surface area contributed by atoms with Crippen LogP contribution in [0.4, 0.5) is 4.39 Å². The second kappa shape index (κ2) is 5.91. The monoisotopic (exact) mass is 301 g/mol. The van der Waals surface area contributed by atoms with Crippen LogP contribution in [0.2, 0.25) is 0 Å². The second-order valence-electron chi connectivity index (χ2n) is 5.61. The fraction of sp³-hybridized carbons (Fsp3) is 0.412. The van der Waals surface area contributed by atoms with Crippen LogP contribution in [0.3, 0.4) is 0 Å². The Kier molecular flexibility index (Phi) is 3.96. The number of nitrogens with zero attached hydrogens (tertiary/aromatic N) is 2. The Morgan fingerprint density at radius 2 is 1.95 bits per heavy atom. The van der Waals surface area contributed by atoms with Crippen molar-refractivity contribution in [3.8, 4) is 5.69 Å². The minimum Gasteiger partial charge on any atom is -0.349 e. The number of carbonyl (C=O) groups is 1. The number of hydrogen-bond donors (Lipinski definition) is 1. The zero-order valence-corrected chi connectivity index (χ0v) is 12.9. The van der Waals surface area contributed by atoms with Gasteiger partial charge in [-0.25, -0.2) is 9.07 Å². The Labute approximate surface area is 129 Å². The molecule has 3 rings (SSSR count). The molecule has 2 aromatic rings. The number of aromatic nitrogens is 2. The first-order chi connectivity index (χ1) is 10.6. The van der Waals surface area contributed by atoms with E-state index in [-0.39, 0.29) is 11.7 Å². The van der Waals surface area contributed by atoms with Gasteiger partial charge in [0.15, 0.2) is 0 Å². The third kappa shape index (κ3) is 2.75. The van der Waals surface area contributed by atoms with Crippen molar-refractivity contribution in [1.29, 1.82) is 0 Å². The number of halogens is 1. The Morgan fingerprint density at radius 1 is 1.27 bits per heavy atom. The smallest absolute Gasteiger partial charge is 0.255 e. The standard InChI is InChI=1S/C17H20FN3O/c1-3-14-16(17(22)19-12-7-8-12)15(4-2)21(20-14)13-9-5-11(18)6-10-13/h5-6,9-10,12H,3-4,7-8H2,1-2H3,(H,19,22). The van der Waals surface area contributed by atoms with Gasteiger partial charge < -0.3 is 5.32 Å². The van der Waals surface area contributed by atoms with E-state index in [0.29, 0.717) is 24.4 Å². The number of benzene rings is 1. The summed E-state index contributed by atoms with van der Waals surface area (Å²) in [5.74, 6) is -0.319. The van der Waals surface area contributed by atoms with Crippen LogP contribution in [0.5, 0.6) is 0 Å². The molecule has 0 unspecified atom stereocenters. The van der Waals surface area contributed by atoms with Crippen molar-refractivity contribution in [2.45, 2.75) is 45.6 Å². The molecule has 1 heterocycles. The fourth-order valence-electron chi connectivity index (χ4n) is 2.62. The number of aryl methyl sites for hydroxylation is 1. The van der Waals surface area contributed by atoms with E-state index in [2.05, 4.69) is 10.4 Å². The number of carbonyl (C=O) groups excluding carboxylic acids is 1. The van der Waals surface area contributed by atoms with Gasteiger partial charge in [0.1, 0.15) is 5.82 Å². The van der Waals surface area contributed by atoms with Crippen LogP contribution in [0.25, 0.3) is 5.69 Å². The maximum Gasteiger partial charge on any atom is 0.255 e. The maximum absolute atomic E-state index is 13.1. The molecule has 0 saturated heterocycles. The van der Waals surface area contributed by atoms with Gasteiger partial charge in [-0.1, -0.05) is 13.8 Å². The molecule has 0 atom stereocenters. The van der Waals surface area contributed by atoms with Crippen LogP contribution in [-0.2, 0) is 12.8 Å². The van der Waals surface area contributed by atoms with Gasteiger partial charge >= 0.3 is 0 Å². The van der Waals surface area contributed by atoms with E-state index in [0.717, 1.165) is 29.9 Å². The molecule has 1 aromatic heterocycles. The highest BCUT2D eigenvalue weighted by Crippen LogP contribution is 2.24. The van der Waals surface area contributed by atoms with Crippen LogP contribution < -0.4 is 5.32 Å². The molecule has 1 amide bonds. The number of hydrogen-bond acceptors (Lipinski definition) is 2. The summed E-state index contributed by atoms with van der Waals surface area (Å²) in [6.07, 6.45) is 3.49. The van der Waals surface area contributed by atoms with Crippen LogP contribution >= 0.6 is 0 Å². The summed E-state index contributed by atoms with van der Waals surface area (Å²) in [6.45, 7) is 4.00. The first-order valence-corrected chi connectivity index (χ1v) is 7.81. The molecule has 1 aliphatic rings. The van der Waals surface area contributed by atoms with E-state index in [1.165, 1.54) is 12.1 Å². The van der Waals surface area contributed by atoms with Gasteiger partial charge in [-0.05, 0) is 49.9 Å². The maximum atomic E-state index is 13.1. The molecular formula is C17H20FN3O. The van der Waals surface area contributed by atoms with Gasteiger partial charge in [0.05, 0.1) is 22.6 Å². The van der Waals surface area contributed by atoms with Crippen molar-refractivity contribution in [1.82, 2.24) is 15.1 Å². The Hall–Kier alpha value is -2.17. The first-order valence-electron chi connectivity index (χ1n) is 7.81. The summed E-state index contributed by atoms with van der Waals surface area (Å²) in [6, 6.07) is 6.50. The SMILES string of the molecule is CCc1nn(-c2ccc(F)cc2)c(CC)c1C(=O)NC1CC1. The molecule has 1 saturated carbocycles. The van der Waals surface area contributed by atoms with Crippen molar-refractivity contribution in [3.63, 3.8) is 0 Å². The highest BCUT2D eigenvalue weighted by atomic mass is 19.1. The second-order valence-corrected chi connectivity index (χ2v) is 5.61. The van der Waals surface area contributed by atoms with Gasteiger partial charge in [-0.15, -0.1) is 0 Å². The summed E-state index contributed by atoms with van der Waals surface area (Å²) in [4.78, 5) is 12.5. The van der Waals surface area contributed by atoms with E-state index in [4.69, 9.17) is 0 Å². The Bertz CT molecular complexity index is 687. The van der Waals surface area contributed by atoms with Gasteiger partial charge in [0, 0.05) is 6.04 Å². The fourth-order valence-corrected chi connectivity index (χ4v) is 2.62. The molecule has 0 bridgehead atoms. The van der Waals surface area contributed by atoms with Crippen molar-refractivity contribution in [2.24, 2.45) is 0 Å². The normalized spacial score (nSPS) is 14.1. The summed E-state index contributed by atoms with van der Waals surface area (Å²) < 4.78 is 14.9. The lowest BCUT2D eigenvalue weighted by molar-refractivity contribution is 0.0949. The molecule has 5 heteroatoms. The van der Waals surface area contributed by atoms with E-state index in [1.54, 1.807) is 16.8 Å². The molecule has 4 nitrogen and oxygen atoms in total. The summed E-state index contributed by atoms with van der Waals surface area (Å²) >= 11 is 0. The predicted octanol–water partition coefficient (Wildman–Crippen LogP) is 3.03. The van der Waals surface area contributed by atoms with Crippen LogP contribution in [-0.4, -0.2) is 21.7 Å². The van der Waals surface area contributed by atoms with Gasteiger partial charge in [0.2, 0.25) is 0 Å². The van der Waals surface area contributed by atoms with Crippen molar-refractivity contribution in [3.05, 3.63) is 47.0 Å². The third-order valence-corrected chi connectivity index (χ3v) is 3.93. The van der Waals surface area contributed by atoms with Crippen molar-refractivity contribution >= 4 is 5.91 Å². The van der Waals surface area contributed by atoms with E-state index >= 15 is 0 Å². The van der Waals surface area contributed by atoms with Crippen molar-refractivity contribution in [2.75, 3.05) is 0 Å². The molecule has 22 heavy (non-hydrogen) atoms. The number of nitrogens with one attached hydrogen (secondary N) is 1. The van der Waals surface area contributed by atoms with Gasteiger partial charge in [-0.2, -0.15) is 5.10 Å². The quantitative estimate of drug-likeness (QED) is 0.922. The average Bonchev–Trinajstić information content (AvgIpc) is 3.25. The van der Waals surface area contributed by atoms with Crippen molar-refractivity contribution < 1.29 is 9.18 Å². The van der Waals surface area contributed by atoms with Crippen LogP contribution in [0.15, 0.2) is 24.3 Å². The molecule has 1 N–H and O–H groups in total. The third-order valence-electron chi connectivity index (χ3n) is 3.93. The molecule has 1 aliphatic carbocycles. The number of rotatable bonds is 5. The van der Waals surface area contributed by atoms with Crippen LogP contribution in [0.1, 0.15) is 48.4 Å². The largest absolute Gasteiger partial charge is 0.349 e. The molecule has 0 radical (unpaired) electrons. The minimum atomic E-state index is -0.281. The highest BCUT2D eigenvalue weighted by molar-refractivity contribution is 5.97. The molecule has 116 valence electrons. The van der Waals surface area contributed by atoms with Crippen LogP contribution in [0, 0.1) is 5.82 Å².